The summed E-state index contributed by atoms with van der Waals surface area (Å²) in [5, 5.41) is 8.08. The maximum absolute atomic E-state index is 10.5. The summed E-state index contributed by atoms with van der Waals surface area (Å²) in [4.78, 5) is 20.3. The van der Waals surface area contributed by atoms with Crippen molar-refractivity contribution in [3.8, 4) is 0 Å². The molecule has 0 radical (unpaired) electrons. The zero-order chi connectivity index (χ0) is 8.69. The van der Waals surface area contributed by atoms with E-state index in [0.717, 1.165) is 6.08 Å². The van der Waals surface area contributed by atoms with Crippen LogP contribution in [0.25, 0.3) is 0 Å². The minimum atomic E-state index is -1.18. The van der Waals surface area contributed by atoms with Crippen LogP contribution in [0, 0.1) is 0 Å². The zero-order valence-electron chi connectivity index (χ0n) is 5.98. The Kier molecular flexibility index (Phi) is 4.47. The number of carboxylic acids is 1. The number of carbonyl (C=O) groups excluding carboxylic acids is 1. The van der Waals surface area contributed by atoms with Crippen molar-refractivity contribution in [3.05, 3.63) is 24.5 Å². The SMILES string of the molecule is C/C=C/OC(=O)/C=C/C(=O)O. The Morgan fingerprint density at radius 1 is 1.36 bits per heavy atom. The minimum Gasteiger partial charge on any atom is -0.478 e. The number of hydrogen-bond acceptors (Lipinski definition) is 3. The van der Waals surface area contributed by atoms with Gasteiger partial charge in [-0.1, -0.05) is 6.08 Å². The van der Waals surface area contributed by atoms with Crippen molar-refractivity contribution in [2.45, 2.75) is 6.92 Å². The third-order valence-electron chi connectivity index (χ3n) is 0.682. The van der Waals surface area contributed by atoms with Crippen molar-refractivity contribution in [2.24, 2.45) is 0 Å². The molecule has 0 aliphatic carbocycles. The Hall–Kier alpha value is -1.58. The zero-order valence-corrected chi connectivity index (χ0v) is 5.98. The molecule has 0 amide bonds. The number of hydrogen-bond donors (Lipinski definition) is 1. The first-order valence-electron chi connectivity index (χ1n) is 2.89. The summed E-state index contributed by atoms with van der Waals surface area (Å²) in [6.07, 6.45) is 4.25. The summed E-state index contributed by atoms with van der Waals surface area (Å²) in [5.41, 5.74) is 0. The largest absolute Gasteiger partial charge is 0.478 e. The molecule has 11 heavy (non-hydrogen) atoms. The van der Waals surface area contributed by atoms with E-state index in [4.69, 9.17) is 5.11 Å². The van der Waals surface area contributed by atoms with Crippen LogP contribution in [0.15, 0.2) is 24.5 Å². The topological polar surface area (TPSA) is 63.6 Å². The summed E-state index contributed by atoms with van der Waals surface area (Å²) < 4.78 is 4.37. The molecule has 0 unspecified atom stereocenters. The monoisotopic (exact) mass is 156 g/mol. The highest BCUT2D eigenvalue weighted by Gasteiger charge is 1.93. The number of rotatable bonds is 3. The highest BCUT2D eigenvalue weighted by molar-refractivity contribution is 5.90. The Bertz CT molecular complexity index is 202. The van der Waals surface area contributed by atoms with E-state index in [0.29, 0.717) is 6.08 Å². The lowest BCUT2D eigenvalue weighted by Gasteiger charge is -1.88. The number of ether oxygens (including phenoxy) is 1. The quantitative estimate of drug-likeness (QED) is 0.371. The van der Waals surface area contributed by atoms with E-state index in [2.05, 4.69) is 4.74 Å². The van der Waals surface area contributed by atoms with Crippen LogP contribution in [-0.2, 0) is 14.3 Å². The molecule has 4 nitrogen and oxygen atoms in total. The minimum absolute atomic E-state index is 0.703. The van der Waals surface area contributed by atoms with Gasteiger partial charge in [-0.15, -0.1) is 0 Å². The Balaban J connectivity index is 3.78. The van der Waals surface area contributed by atoms with Crippen LogP contribution in [0.2, 0.25) is 0 Å². The maximum atomic E-state index is 10.5. The van der Waals surface area contributed by atoms with Gasteiger partial charge in [0.05, 0.1) is 6.26 Å². The fourth-order valence-corrected chi connectivity index (χ4v) is 0.314. The molecular weight excluding hydrogens is 148 g/mol. The second-order valence-corrected chi connectivity index (χ2v) is 1.58. The molecule has 0 atom stereocenters. The van der Waals surface area contributed by atoms with Gasteiger partial charge in [-0.3, -0.25) is 0 Å². The predicted octanol–water partition coefficient (Wildman–Crippen LogP) is 0.704. The lowest BCUT2D eigenvalue weighted by Crippen LogP contribution is -1.96. The van der Waals surface area contributed by atoms with Gasteiger partial charge in [-0.2, -0.15) is 0 Å². The van der Waals surface area contributed by atoms with E-state index < -0.39 is 11.9 Å². The maximum Gasteiger partial charge on any atom is 0.335 e. The molecule has 4 heteroatoms. The van der Waals surface area contributed by atoms with Crippen LogP contribution < -0.4 is 0 Å². The molecule has 0 spiro atoms. The summed E-state index contributed by atoms with van der Waals surface area (Å²) in [5.74, 6) is -1.88. The number of carboxylic acid groups (broad SMARTS) is 1. The molecule has 0 aliphatic rings. The van der Waals surface area contributed by atoms with Crippen molar-refractivity contribution in [2.75, 3.05) is 0 Å². The van der Waals surface area contributed by atoms with Crippen LogP contribution in [0.1, 0.15) is 6.92 Å². The van der Waals surface area contributed by atoms with Gasteiger partial charge < -0.3 is 9.84 Å². The second-order valence-electron chi connectivity index (χ2n) is 1.58. The molecule has 0 saturated carbocycles. The van der Waals surface area contributed by atoms with Crippen LogP contribution >= 0.6 is 0 Å². The molecule has 0 aromatic rings. The number of aliphatic carboxylic acids is 1. The first kappa shape index (κ1) is 9.42. The number of allylic oxidation sites excluding steroid dienone is 1. The highest BCUT2D eigenvalue weighted by Crippen LogP contribution is 1.82. The van der Waals surface area contributed by atoms with Gasteiger partial charge in [-0.25, -0.2) is 9.59 Å². The van der Waals surface area contributed by atoms with E-state index in [1.165, 1.54) is 12.3 Å². The molecular formula is C7H8O4. The lowest BCUT2D eigenvalue weighted by molar-refractivity contribution is -0.134. The van der Waals surface area contributed by atoms with E-state index >= 15 is 0 Å². The van der Waals surface area contributed by atoms with Gasteiger partial charge in [0.1, 0.15) is 0 Å². The molecule has 0 aliphatic heterocycles. The Morgan fingerprint density at radius 2 is 2.00 bits per heavy atom. The molecule has 0 heterocycles. The van der Waals surface area contributed by atoms with Crippen LogP contribution in [0.4, 0.5) is 0 Å². The standard InChI is InChI=1S/C7H8O4/c1-2-5-11-7(10)4-3-6(8)9/h2-5H,1H3,(H,8,9)/b4-3+,5-2+. The molecule has 0 rings (SSSR count). The smallest absolute Gasteiger partial charge is 0.335 e. The van der Waals surface area contributed by atoms with E-state index in [1.54, 1.807) is 6.92 Å². The summed E-state index contributed by atoms with van der Waals surface area (Å²) in [7, 11) is 0. The third-order valence-corrected chi connectivity index (χ3v) is 0.682. The third kappa shape index (κ3) is 6.30. The average molecular weight is 156 g/mol. The van der Waals surface area contributed by atoms with Crippen molar-refractivity contribution in [3.63, 3.8) is 0 Å². The summed E-state index contributed by atoms with van der Waals surface area (Å²) >= 11 is 0. The fraction of sp³-hybridized carbons (Fsp3) is 0.143. The molecule has 0 fully saturated rings. The lowest BCUT2D eigenvalue weighted by atomic mass is 10.5. The van der Waals surface area contributed by atoms with Crippen molar-refractivity contribution in [1.29, 1.82) is 0 Å². The van der Waals surface area contributed by atoms with Gasteiger partial charge in [0, 0.05) is 12.2 Å². The van der Waals surface area contributed by atoms with Crippen molar-refractivity contribution in [1.82, 2.24) is 0 Å². The first-order chi connectivity index (χ1) is 5.16. The van der Waals surface area contributed by atoms with E-state index in [-0.39, 0.29) is 0 Å². The molecule has 60 valence electrons. The van der Waals surface area contributed by atoms with Gasteiger partial charge >= 0.3 is 11.9 Å². The van der Waals surface area contributed by atoms with Gasteiger partial charge in [-0.05, 0) is 6.92 Å². The molecule has 1 N–H and O–H groups in total. The first-order valence-corrected chi connectivity index (χ1v) is 2.89. The number of esters is 1. The van der Waals surface area contributed by atoms with Crippen LogP contribution in [0.3, 0.4) is 0 Å². The van der Waals surface area contributed by atoms with Gasteiger partial charge in [0.2, 0.25) is 0 Å². The van der Waals surface area contributed by atoms with E-state index in [9.17, 15) is 9.59 Å². The fourth-order valence-electron chi connectivity index (χ4n) is 0.314. The molecule has 0 bridgehead atoms. The Morgan fingerprint density at radius 3 is 2.45 bits per heavy atom. The van der Waals surface area contributed by atoms with Crippen molar-refractivity contribution >= 4 is 11.9 Å². The van der Waals surface area contributed by atoms with Crippen molar-refractivity contribution < 1.29 is 19.4 Å². The molecule has 0 aromatic carbocycles. The molecule has 0 saturated heterocycles. The van der Waals surface area contributed by atoms with Crippen LogP contribution in [-0.4, -0.2) is 17.0 Å². The number of carbonyl (C=O) groups is 2. The van der Waals surface area contributed by atoms with E-state index in [1.807, 2.05) is 0 Å². The summed E-state index contributed by atoms with van der Waals surface area (Å²) in [6.45, 7) is 1.67. The molecule has 0 aromatic heterocycles. The summed E-state index contributed by atoms with van der Waals surface area (Å²) in [6, 6.07) is 0. The average Bonchev–Trinajstić information content (AvgIpc) is 1.97. The highest BCUT2D eigenvalue weighted by atomic mass is 16.5. The Labute approximate surface area is 63.8 Å². The predicted molar refractivity (Wildman–Crippen MR) is 37.7 cm³/mol. The van der Waals surface area contributed by atoms with Gasteiger partial charge in [0.25, 0.3) is 0 Å². The van der Waals surface area contributed by atoms with Gasteiger partial charge in [0.15, 0.2) is 0 Å². The van der Waals surface area contributed by atoms with Crippen LogP contribution in [0.5, 0.6) is 0 Å². The second kappa shape index (κ2) is 5.22. The normalized spacial score (nSPS) is 10.6.